The maximum Gasteiger partial charge on any atom is 0.0354 e. The topological polar surface area (TPSA) is 48.8 Å². The molecule has 0 aromatic heterocycles. The van der Waals surface area contributed by atoms with E-state index in [-0.39, 0.29) is 6.04 Å². The third-order valence-electron chi connectivity index (χ3n) is 1.11. The summed E-state index contributed by atoms with van der Waals surface area (Å²) in [7, 11) is 0. The van der Waals surface area contributed by atoms with Gasteiger partial charge in [-0.25, -0.2) is 0 Å². The monoisotopic (exact) mass is 137 g/mol. The van der Waals surface area contributed by atoms with E-state index in [1.807, 2.05) is 6.92 Å². The van der Waals surface area contributed by atoms with Crippen LogP contribution >= 0.6 is 0 Å². The molecule has 0 saturated carbocycles. The number of rotatable bonds is 3. The molecule has 3 nitrogen and oxygen atoms in total. The van der Waals surface area contributed by atoms with Crippen molar-refractivity contribution >= 4 is 0 Å². The van der Waals surface area contributed by atoms with Crippen LogP contribution in [0.25, 0.3) is 10.4 Å². The second-order valence-corrected chi connectivity index (χ2v) is 2.02. The van der Waals surface area contributed by atoms with Gasteiger partial charge in [0.05, 0.1) is 0 Å². The van der Waals surface area contributed by atoms with Gasteiger partial charge in [-0.05, 0) is 18.9 Å². The molecule has 0 rings (SSSR count). The van der Waals surface area contributed by atoms with Crippen molar-refractivity contribution in [3.8, 4) is 11.8 Å². The maximum absolute atomic E-state index is 8.02. The Morgan fingerprint density at radius 3 is 2.90 bits per heavy atom. The molecule has 0 bridgehead atoms. The van der Waals surface area contributed by atoms with Crippen LogP contribution in [0.15, 0.2) is 5.11 Å². The van der Waals surface area contributed by atoms with Gasteiger partial charge in [-0.3, -0.25) is 0 Å². The third kappa shape index (κ3) is 5.02. The van der Waals surface area contributed by atoms with E-state index in [0.29, 0.717) is 0 Å². The zero-order chi connectivity index (χ0) is 7.82. The molecule has 0 aliphatic carbocycles. The Hall–Kier alpha value is -1.13. The lowest BCUT2D eigenvalue weighted by atomic mass is 10.2. The van der Waals surface area contributed by atoms with Crippen LogP contribution in [0.4, 0.5) is 0 Å². The smallest absolute Gasteiger partial charge is 0.0354 e. The second kappa shape index (κ2) is 6.00. The standard InChI is InChI=1S/C7H11N3/c1-3-4-5-6-7(2)9-10-8/h7H,5-6H2,1-2H3. The molecule has 0 aliphatic rings. The fourth-order valence-corrected chi connectivity index (χ4v) is 0.552. The van der Waals surface area contributed by atoms with Crippen molar-refractivity contribution in [3.05, 3.63) is 10.4 Å². The van der Waals surface area contributed by atoms with Gasteiger partial charge >= 0.3 is 0 Å². The minimum Gasteiger partial charge on any atom is -0.107 e. The average molecular weight is 137 g/mol. The molecular weight excluding hydrogens is 126 g/mol. The maximum atomic E-state index is 8.02. The molecule has 0 radical (unpaired) electrons. The van der Waals surface area contributed by atoms with Gasteiger partial charge in [0.2, 0.25) is 0 Å². The molecule has 54 valence electrons. The van der Waals surface area contributed by atoms with Gasteiger partial charge in [-0.1, -0.05) is 12.0 Å². The molecular formula is C7H11N3. The predicted octanol–water partition coefficient (Wildman–Crippen LogP) is 2.49. The van der Waals surface area contributed by atoms with Crippen molar-refractivity contribution in [2.45, 2.75) is 32.7 Å². The highest BCUT2D eigenvalue weighted by Gasteiger charge is 1.93. The highest BCUT2D eigenvalue weighted by Crippen LogP contribution is 1.99. The summed E-state index contributed by atoms with van der Waals surface area (Å²) in [6.45, 7) is 3.69. The molecule has 0 spiro atoms. The van der Waals surface area contributed by atoms with E-state index < -0.39 is 0 Å². The summed E-state index contributed by atoms with van der Waals surface area (Å²) in [6.07, 6.45) is 1.67. The first-order valence-corrected chi connectivity index (χ1v) is 3.25. The summed E-state index contributed by atoms with van der Waals surface area (Å²) in [5, 5.41) is 3.51. The summed E-state index contributed by atoms with van der Waals surface area (Å²) in [6, 6.07) is 0.0749. The summed E-state index contributed by atoms with van der Waals surface area (Å²) in [5.74, 6) is 5.68. The van der Waals surface area contributed by atoms with E-state index in [1.165, 1.54) is 0 Å². The molecule has 3 heteroatoms. The molecule has 0 aliphatic heterocycles. The van der Waals surface area contributed by atoms with E-state index in [2.05, 4.69) is 21.9 Å². The Kier molecular flexibility index (Phi) is 5.32. The molecule has 1 unspecified atom stereocenters. The van der Waals surface area contributed by atoms with Crippen LogP contribution in [-0.4, -0.2) is 6.04 Å². The summed E-state index contributed by atoms with van der Waals surface area (Å²) < 4.78 is 0. The Balaban J connectivity index is 3.45. The van der Waals surface area contributed by atoms with E-state index >= 15 is 0 Å². The van der Waals surface area contributed by atoms with Gasteiger partial charge < -0.3 is 0 Å². The third-order valence-corrected chi connectivity index (χ3v) is 1.11. The fourth-order valence-electron chi connectivity index (χ4n) is 0.552. The largest absolute Gasteiger partial charge is 0.107 e. The Morgan fingerprint density at radius 1 is 1.70 bits per heavy atom. The normalized spacial score (nSPS) is 10.6. The first-order chi connectivity index (χ1) is 4.81. The van der Waals surface area contributed by atoms with Gasteiger partial charge in [0.15, 0.2) is 0 Å². The van der Waals surface area contributed by atoms with Crippen molar-refractivity contribution < 1.29 is 0 Å². The molecule has 0 saturated heterocycles. The molecule has 0 amide bonds. The average Bonchev–Trinajstić information content (AvgIpc) is 1.89. The fraction of sp³-hybridized carbons (Fsp3) is 0.714. The second-order valence-electron chi connectivity index (χ2n) is 2.02. The zero-order valence-corrected chi connectivity index (χ0v) is 6.33. The highest BCUT2D eigenvalue weighted by molar-refractivity contribution is 4.95. The van der Waals surface area contributed by atoms with Gasteiger partial charge in [-0.15, -0.1) is 11.8 Å². The van der Waals surface area contributed by atoms with Crippen LogP contribution < -0.4 is 0 Å². The first-order valence-electron chi connectivity index (χ1n) is 3.25. The first kappa shape index (κ1) is 8.87. The lowest BCUT2D eigenvalue weighted by Crippen LogP contribution is -1.93. The number of hydrogen-bond donors (Lipinski definition) is 0. The Labute approximate surface area is 61.1 Å². The van der Waals surface area contributed by atoms with Gasteiger partial charge in [-0.2, -0.15) is 0 Å². The lowest BCUT2D eigenvalue weighted by Gasteiger charge is -1.96. The SMILES string of the molecule is CC#CCCC(C)N=[N+]=[N-]. The predicted molar refractivity (Wildman–Crippen MR) is 41.3 cm³/mol. The van der Waals surface area contributed by atoms with E-state index in [1.54, 1.807) is 6.92 Å². The summed E-state index contributed by atoms with van der Waals surface area (Å²) >= 11 is 0. The number of nitrogens with zero attached hydrogens (tertiary/aromatic N) is 3. The molecule has 10 heavy (non-hydrogen) atoms. The van der Waals surface area contributed by atoms with Gasteiger partial charge in [0.25, 0.3) is 0 Å². The number of hydrogen-bond acceptors (Lipinski definition) is 1. The molecule has 0 aromatic carbocycles. The Bertz CT molecular complexity index is 181. The van der Waals surface area contributed by atoms with Crippen LogP contribution in [0.3, 0.4) is 0 Å². The molecule has 0 N–H and O–H groups in total. The van der Waals surface area contributed by atoms with Gasteiger partial charge in [0.1, 0.15) is 0 Å². The minimum absolute atomic E-state index is 0.0749. The Morgan fingerprint density at radius 2 is 2.40 bits per heavy atom. The zero-order valence-electron chi connectivity index (χ0n) is 6.33. The molecule has 0 fully saturated rings. The van der Waals surface area contributed by atoms with Crippen molar-refractivity contribution in [2.75, 3.05) is 0 Å². The van der Waals surface area contributed by atoms with Crippen LogP contribution in [0.1, 0.15) is 26.7 Å². The molecule has 0 aromatic rings. The van der Waals surface area contributed by atoms with Crippen LogP contribution in [0, 0.1) is 11.8 Å². The van der Waals surface area contributed by atoms with E-state index in [4.69, 9.17) is 5.53 Å². The van der Waals surface area contributed by atoms with Crippen molar-refractivity contribution in [1.82, 2.24) is 0 Å². The summed E-state index contributed by atoms with van der Waals surface area (Å²) in [4.78, 5) is 2.69. The quantitative estimate of drug-likeness (QED) is 0.248. The molecule has 1 atom stereocenters. The van der Waals surface area contributed by atoms with E-state index in [9.17, 15) is 0 Å². The van der Waals surface area contributed by atoms with Crippen molar-refractivity contribution in [1.29, 1.82) is 0 Å². The van der Waals surface area contributed by atoms with Crippen molar-refractivity contribution in [3.63, 3.8) is 0 Å². The number of azide groups is 1. The van der Waals surface area contributed by atoms with E-state index in [0.717, 1.165) is 12.8 Å². The van der Waals surface area contributed by atoms with Crippen LogP contribution in [-0.2, 0) is 0 Å². The van der Waals surface area contributed by atoms with Crippen LogP contribution in [0.5, 0.6) is 0 Å². The minimum atomic E-state index is 0.0749. The van der Waals surface area contributed by atoms with Crippen molar-refractivity contribution in [2.24, 2.45) is 5.11 Å². The van der Waals surface area contributed by atoms with Crippen LogP contribution in [0.2, 0.25) is 0 Å². The van der Waals surface area contributed by atoms with Gasteiger partial charge in [0, 0.05) is 17.4 Å². The highest BCUT2D eigenvalue weighted by atomic mass is 15.1. The summed E-state index contributed by atoms with van der Waals surface area (Å²) in [5.41, 5.74) is 8.02. The molecule has 0 heterocycles. The lowest BCUT2D eigenvalue weighted by molar-refractivity contribution is 0.678.